The Bertz CT molecular complexity index is 879. The molecule has 5 heteroatoms. The SMILES string of the molecule is CCOc1ccc(C(=O)N/N=C\c2cn(C)c3ccccc23)cc1. The van der Waals surface area contributed by atoms with E-state index in [1.165, 1.54) is 0 Å². The van der Waals surface area contributed by atoms with Gasteiger partial charge < -0.3 is 9.30 Å². The van der Waals surface area contributed by atoms with E-state index >= 15 is 0 Å². The lowest BCUT2D eigenvalue weighted by atomic mass is 10.2. The number of amides is 1. The number of para-hydroxylation sites is 1. The van der Waals surface area contributed by atoms with E-state index in [2.05, 4.69) is 10.5 Å². The Morgan fingerprint density at radius 3 is 2.71 bits per heavy atom. The van der Waals surface area contributed by atoms with Crippen LogP contribution in [-0.4, -0.2) is 23.3 Å². The average molecular weight is 321 g/mol. The van der Waals surface area contributed by atoms with Gasteiger partial charge in [-0.25, -0.2) is 5.43 Å². The number of aromatic nitrogens is 1. The van der Waals surface area contributed by atoms with E-state index in [9.17, 15) is 4.79 Å². The molecule has 2 aromatic carbocycles. The van der Waals surface area contributed by atoms with Crippen LogP contribution >= 0.6 is 0 Å². The predicted octanol–water partition coefficient (Wildman–Crippen LogP) is 3.34. The molecule has 1 aromatic heterocycles. The molecule has 0 aliphatic heterocycles. The van der Waals surface area contributed by atoms with Crippen LogP contribution in [-0.2, 0) is 7.05 Å². The summed E-state index contributed by atoms with van der Waals surface area (Å²) in [7, 11) is 1.98. The fourth-order valence-corrected chi connectivity index (χ4v) is 2.57. The molecule has 0 atom stereocenters. The summed E-state index contributed by atoms with van der Waals surface area (Å²) >= 11 is 0. The van der Waals surface area contributed by atoms with E-state index < -0.39 is 0 Å². The van der Waals surface area contributed by atoms with Gasteiger partial charge >= 0.3 is 0 Å². The van der Waals surface area contributed by atoms with Crippen LogP contribution in [0.1, 0.15) is 22.8 Å². The molecule has 3 rings (SSSR count). The molecule has 0 fully saturated rings. The normalized spacial score (nSPS) is 11.1. The van der Waals surface area contributed by atoms with Crippen LogP contribution in [0, 0.1) is 0 Å². The van der Waals surface area contributed by atoms with E-state index in [4.69, 9.17) is 4.74 Å². The van der Waals surface area contributed by atoms with Gasteiger partial charge in [-0.15, -0.1) is 0 Å². The van der Waals surface area contributed by atoms with Crippen LogP contribution in [0.15, 0.2) is 59.8 Å². The van der Waals surface area contributed by atoms with E-state index in [0.29, 0.717) is 12.2 Å². The molecule has 122 valence electrons. The minimum Gasteiger partial charge on any atom is -0.494 e. The van der Waals surface area contributed by atoms with Crippen molar-refractivity contribution in [2.24, 2.45) is 12.1 Å². The van der Waals surface area contributed by atoms with Gasteiger partial charge in [0.15, 0.2) is 0 Å². The van der Waals surface area contributed by atoms with E-state index in [0.717, 1.165) is 22.2 Å². The third kappa shape index (κ3) is 3.30. The number of rotatable bonds is 5. The second kappa shape index (κ2) is 7.00. The average Bonchev–Trinajstić information content (AvgIpc) is 2.92. The standard InChI is InChI=1S/C19H19N3O2/c1-3-24-16-10-8-14(9-11-16)19(23)21-20-12-15-13-22(2)18-7-5-4-6-17(15)18/h4-13H,3H2,1-2H3,(H,21,23)/b20-12-. The molecule has 0 saturated carbocycles. The maximum absolute atomic E-state index is 12.1. The first kappa shape index (κ1) is 15.8. The fourth-order valence-electron chi connectivity index (χ4n) is 2.57. The van der Waals surface area contributed by atoms with Gasteiger partial charge in [0.05, 0.1) is 12.8 Å². The number of benzene rings is 2. The second-order valence-corrected chi connectivity index (χ2v) is 5.37. The molecule has 3 aromatic rings. The fraction of sp³-hybridized carbons (Fsp3) is 0.158. The summed E-state index contributed by atoms with van der Waals surface area (Å²) in [6.07, 6.45) is 3.64. The highest BCUT2D eigenvalue weighted by Gasteiger charge is 2.06. The maximum atomic E-state index is 12.1. The zero-order valence-electron chi connectivity index (χ0n) is 13.7. The monoisotopic (exact) mass is 321 g/mol. The molecule has 0 unspecified atom stereocenters. The predicted molar refractivity (Wildman–Crippen MR) is 95.6 cm³/mol. The smallest absolute Gasteiger partial charge is 0.271 e. The van der Waals surface area contributed by atoms with Crippen LogP contribution < -0.4 is 10.2 Å². The zero-order chi connectivity index (χ0) is 16.9. The lowest BCUT2D eigenvalue weighted by Gasteiger charge is -2.03. The quantitative estimate of drug-likeness (QED) is 0.579. The van der Waals surface area contributed by atoms with Crippen molar-refractivity contribution < 1.29 is 9.53 Å². The van der Waals surface area contributed by atoms with Gasteiger partial charge in [-0.3, -0.25) is 4.79 Å². The molecule has 1 N–H and O–H groups in total. The summed E-state index contributed by atoms with van der Waals surface area (Å²) < 4.78 is 7.39. The lowest BCUT2D eigenvalue weighted by molar-refractivity contribution is 0.0955. The number of hydrogen-bond donors (Lipinski definition) is 1. The molecule has 1 heterocycles. The molecule has 0 aliphatic carbocycles. The highest BCUT2D eigenvalue weighted by atomic mass is 16.5. The third-order valence-corrected chi connectivity index (χ3v) is 3.73. The molecule has 1 amide bonds. The number of hydrazone groups is 1. The van der Waals surface area contributed by atoms with E-state index in [1.54, 1.807) is 30.5 Å². The first-order valence-electron chi connectivity index (χ1n) is 7.79. The van der Waals surface area contributed by atoms with Crippen molar-refractivity contribution in [3.05, 3.63) is 65.9 Å². The van der Waals surface area contributed by atoms with E-state index in [1.807, 2.05) is 49.0 Å². The Balaban J connectivity index is 1.70. The second-order valence-electron chi connectivity index (χ2n) is 5.37. The third-order valence-electron chi connectivity index (χ3n) is 3.73. The number of fused-ring (bicyclic) bond motifs is 1. The highest BCUT2D eigenvalue weighted by Crippen LogP contribution is 2.18. The van der Waals surface area contributed by atoms with Crippen LogP contribution in [0.2, 0.25) is 0 Å². The van der Waals surface area contributed by atoms with Crippen molar-refractivity contribution in [3.63, 3.8) is 0 Å². The molecule has 24 heavy (non-hydrogen) atoms. The molecule has 0 bridgehead atoms. The van der Waals surface area contributed by atoms with Gasteiger partial charge in [0.1, 0.15) is 5.75 Å². The Morgan fingerprint density at radius 2 is 1.96 bits per heavy atom. The van der Waals surface area contributed by atoms with Crippen molar-refractivity contribution in [2.45, 2.75) is 6.92 Å². The van der Waals surface area contributed by atoms with Crippen LogP contribution in [0.4, 0.5) is 0 Å². The first-order chi connectivity index (χ1) is 11.7. The Labute approximate surface area is 140 Å². The summed E-state index contributed by atoms with van der Waals surface area (Å²) in [6, 6.07) is 15.0. The molecule has 0 spiro atoms. The highest BCUT2D eigenvalue weighted by molar-refractivity contribution is 6.00. The van der Waals surface area contributed by atoms with Crippen molar-refractivity contribution in [1.82, 2.24) is 9.99 Å². The van der Waals surface area contributed by atoms with Crippen molar-refractivity contribution >= 4 is 23.0 Å². The topological polar surface area (TPSA) is 55.6 Å². The van der Waals surface area contributed by atoms with Gasteiger partial charge in [-0.05, 0) is 37.3 Å². The maximum Gasteiger partial charge on any atom is 0.271 e. The first-order valence-corrected chi connectivity index (χ1v) is 7.79. The van der Waals surface area contributed by atoms with E-state index in [-0.39, 0.29) is 5.91 Å². The Hall–Kier alpha value is -3.08. The number of carbonyl (C=O) groups is 1. The van der Waals surface area contributed by atoms with Gasteiger partial charge in [0.25, 0.3) is 5.91 Å². The van der Waals surface area contributed by atoms with Crippen molar-refractivity contribution in [1.29, 1.82) is 0 Å². The van der Waals surface area contributed by atoms with Crippen molar-refractivity contribution in [3.8, 4) is 5.75 Å². The molecule has 0 radical (unpaired) electrons. The number of nitrogens with zero attached hydrogens (tertiary/aromatic N) is 2. The zero-order valence-corrected chi connectivity index (χ0v) is 13.7. The van der Waals surface area contributed by atoms with Gasteiger partial charge in [0, 0.05) is 35.3 Å². The van der Waals surface area contributed by atoms with Crippen LogP contribution in [0.3, 0.4) is 0 Å². The summed E-state index contributed by atoms with van der Waals surface area (Å²) in [5.74, 6) is 0.489. The summed E-state index contributed by atoms with van der Waals surface area (Å²) in [5, 5.41) is 5.17. The lowest BCUT2D eigenvalue weighted by Crippen LogP contribution is -2.17. The van der Waals surface area contributed by atoms with Crippen molar-refractivity contribution in [2.75, 3.05) is 6.61 Å². The molecular weight excluding hydrogens is 302 g/mol. The number of ether oxygens (including phenoxy) is 1. The molecular formula is C19H19N3O2. The Kier molecular flexibility index (Phi) is 4.61. The number of hydrogen-bond acceptors (Lipinski definition) is 3. The minimum atomic E-state index is -0.255. The number of nitrogens with one attached hydrogen (secondary N) is 1. The van der Waals surface area contributed by atoms with Crippen LogP contribution in [0.25, 0.3) is 10.9 Å². The van der Waals surface area contributed by atoms with Crippen LogP contribution in [0.5, 0.6) is 5.75 Å². The van der Waals surface area contributed by atoms with Gasteiger partial charge in [-0.2, -0.15) is 5.10 Å². The Morgan fingerprint density at radius 1 is 1.21 bits per heavy atom. The molecule has 5 nitrogen and oxygen atoms in total. The summed E-state index contributed by atoms with van der Waals surface area (Å²) in [4.78, 5) is 12.1. The summed E-state index contributed by atoms with van der Waals surface area (Å²) in [6.45, 7) is 2.52. The van der Waals surface area contributed by atoms with Gasteiger partial charge in [-0.1, -0.05) is 18.2 Å². The molecule has 0 saturated heterocycles. The number of carbonyl (C=O) groups excluding carboxylic acids is 1. The minimum absolute atomic E-state index is 0.255. The van der Waals surface area contributed by atoms with Gasteiger partial charge in [0.2, 0.25) is 0 Å². The largest absolute Gasteiger partial charge is 0.494 e. The summed E-state index contributed by atoms with van der Waals surface area (Å²) in [5.41, 5.74) is 5.17. The number of aryl methyl sites for hydroxylation is 1. The molecule has 0 aliphatic rings.